The molecular weight excluding hydrogens is 438 g/mol. The van der Waals surface area contributed by atoms with E-state index in [-0.39, 0.29) is 38.1 Å². The van der Waals surface area contributed by atoms with Crippen LogP contribution in [-0.4, -0.2) is 81.4 Å². The fourth-order valence-electron chi connectivity index (χ4n) is 3.58. The molecule has 0 bridgehead atoms. The van der Waals surface area contributed by atoms with Crippen molar-refractivity contribution in [1.29, 1.82) is 0 Å². The molecule has 0 spiro atoms. The summed E-state index contributed by atoms with van der Waals surface area (Å²) >= 11 is 0. The SMILES string of the molecule is CC(C)CC(NC(=O)C(CCC(N)=O)NC(=O)C1CCCN1C(=O)C(N)CC(=O)O)C(=O)O. The summed E-state index contributed by atoms with van der Waals surface area (Å²) in [5.74, 6) is -5.42. The Hall–Kier alpha value is -3.22. The Morgan fingerprint density at radius 1 is 1.06 bits per heavy atom. The van der Waals surface area contributed by atoms with Crippen LogP contribution >= 0.6 is 0 Å². The molecule has 4 amide bonds. The summed E-state index contributed by atoms with van der Waals surface area (Å²) in [5.41, 5.74) is 10.8. The van der Waals surface area contributed by atoms with Crippen LogP contribution in [0.15, 0.2) is 0 Å². The number of hydrogen-bond donors (Lipinski definition) is 6. The number of carbonyl (C=O) groups is 6. The van der Waals surface area contributed by atoms with Gasteiger partial charge < -0.3 is 37.2 Å². The molecule has 0 aliphatic carbocycles. The minimum Gasteiger partial charge on any atom is -0.481 e. The van der Waals surface area contributed by atoms with E-state index in [1.165, 1.54) is 4.90 Å². The molecule has 0 aromatic heterocycles. The van der Waals surface area contributed by atoms with Gasteiger partial charge in [0.1, 0.15) is 18.1 Å². The van der Waals surface area contributed by atoms with Crippen LogP contribution < -0.4 is 22.1 Å². The van der Waals surface area contributed by atoms with Gasteiger partial charge in [-0.1, -0.05) is 13.8 Å². The molecule has 186 valence electrons. The number of nitrogens with one attached hydrogen (secondary N) is 2. The Labute approximate surface area is 191 Å². The van der Waals surface area contributed by atoms with Gasteiger partial charge in [-0.05, 0) is 31.6 Å². The van der Waals surface area contributed by atoms with E-state index in [4.69, 9.17) is 16.6 Å². The second-order valence-electron chi connectivity index (χ2n) is 8.49. The van der Waals surface area contributed by atoms with Gasteiger partial charge in [0, 0.05) is 13.0 Å². The van der Waals surface area contributed by atoms with Gasteiger partial charge in [0.15, 0.2) is 0 Å². The first-order valence-electron chi connectivity index (χ1n) is 10.7. The van der Waals surface area contributed by atoms with Crippen LogP contribution in [0.2, 0.25) is 0 Å². The van der Waals surface area contributed by atoms with Crippen LogP contribution in [-0.2, 0) is 28.8 Å². The second-order valence-corrected chi connectivity index (χ2v) is 8.49. The standard InChI is InChI=1S/C20H33N5O8/c1-10(2)8-13(20(32)33)24-17(29)12(5-6-15(22)26)23-18(30)14-4-3-7-25(14)19(31)11(21)9-16(27)28/h10-14H,3-9,21H2,1-2H3,(H2,22,26)(H,23,30)(H,24,29)(H,27,28)(H,32,33). The Morgan fingerprint density at radius 3 is 2.21 bits per heavy atom. The summed E-state index contributed by atoms with van der Waals surface area (Å²) in [6, 6.07) is -4.75. The fraction of sp³-hybridized carbons (Fsp3) is 0.700. The van der Waals surface area contributed by atoms with Crippen LogP contribution in [0.1, 0.15) is 52.4 Å². The predicted octanol–water partition coefficient (Wildman–Crippen LogP) is -1.85. The highest BCUT2D eigenvalue weighted by Gasteiger charge is 2.38. The van der Waals surface area contributed by atoms with Crippen molar-refractivity contribution in [3.63, 3.8) is 0 Å². The zero-order valence-corrected chi connectivity index (χ0v) is 18.8. The fourth-order valence-corrected chi connectivity index (χ4v) is 3.58. The number of amides is 4. The molecule has 4 atom stereocenters. The van der Waals surface area contributed by atoms with Crippen molar-refractivity contribution in [1.82, 2.24) is 15.5 Å². The molecule has 13 heteroatoms. The average molecular weight is 472 g/mol. The quantitative estimate of drug-likeness (QED) is 0.177. The topological polar surface area (TPSA) is 222 Å². The molecule has 0 aromatic carbocycles. The van der Waals surface area contributed by atoms with Crippen molar-refractivity contribution in [3.8, 4) is 0 Å². The number of rotatable bonds is 13. The lowest BCUT2D eigenvalue weighted by atomic mass is 10.0. The van der Waals surface area contributed by atoms with Crippen molar-refractivity contribution in [2.75, 3.05) is 6.54 Å². The summed E-state index contributed by atoms with van der Waals surface area (Å²) < 4.78 is 0. The van der Waals surface area contributed by atoms with Crippen LogP contribution in [0.3, 0.4) is 0 Å². The number of nitrogens with zero attached hydrogens (tertiary/aromatic N) is 1. The van der Waals surface area contributed by atoms with Crippen LogP contribution in [0.4, 0.5) is 0 Å². The predicted molar refractivity (Wildman–Crippen MR) is 114 cm³/mol. The maximum Gasteiger partial charge on any atom is 0.326 e. The lowest BCUT2D eigenvalue weighted by molar-refractivity contribution is -0.144. The van der Waals surface area contributed by atoms with Gasteiger partial charge in [-0.3, -0.25) is 24.0 Å². The molecule has 8 N–H and O–H groups in total. The van der Waals surface area contributed by atoms with E-state index in [2.05, 4.69) is 10.6 Å². The summed E-state index contributed by atoms with van der Waals surface area (Å²) in [6.45, 7) is 3.77. The lowest BCUT2D eigenvalue weighted by Crippen LogP contribution is -2.57. The van der Waals surface area contributed by atoms with Crippen molar-refractivity contribution < 1.29 is 39.0 Å². The van der Waals surface area contributed by atoms with Crippen molar-refractivity contribution in [2.24, 2.45) is 17.4 Å². The van der Waals surface area contributed by atoms with Gasteiger partial charge in [0.2, 0.25) is 23.6 Å². The number of carboxylic acid groups (broad SMARTS) is 2. The van der Waals surface area contributed by atoms with Crippen LogP contribution in [0, 0.1) is 5.92 Å². The van der Waals surface area contributed by atoms with E-state index >= 15 is 0 Å². The third kappa shape index (κ3) is 9.04. The molecule has 0 aromatic rings. The Morgan fingerprint density at radius 2 is 1.70 bits per heavy atom. The molecule has 1 heterocycles. The highest BCUT2D eigenvalue weighted by Crippen LogP contribution is 2.19. The van der Waals surface area contributed by atoms with E-state index < -0.39 is 66.2 Å². The molecule has 1 fully saturated rings. The van der Waals surface area contributed by atoms with Gasteiger partial charge in [0.25, 0.3) is 0 Å². The molecular formula is C20H33N5O8. The highest BCUT2D eigenvalue weighted by molar-refractivity contribution is 5.95. The molecule has 1 aliphatic rings. The summed E-state index contributed by atoms with van der Waals surface area (Å²) in [4.78, 5) is 72.8. The zero-order chi connectivity index (χ0) is 25.3. The first kappa shape index (κ1) is 27.8. The van der Waals surface area contributed by atoms with Gasteiger partial charge in [-0.2, -0.15) is 0 Å². The van der Waals surface area contributed by atoms with Crippen molar-refractivity contribution >= 4 is 35.6 Å². The normalized spacial score (nSPS) is 18.3. The highest BCUT2D eigenvalue weighted by atomic mass is 16.4. The Bertz CT molecular complexity index is 772. The van der Waals surface area contributed by atoms with Gasteiger partial charge in [-0.15, -0.1) is 0 Å². The number of likely N-dealkylation sites (tertiary alicyclic amines) is 1. The number of hydrogen-bond acceptors (Lipinski definition) is 7. The van der Waals surface area contributed by atoms with Gasteiger partial charge in [-0.25, -0.2) is 4.79 Å². The molecule has 13 nitrogen and oxygen atoms in total. The number of carboxylic acids is 2. The minimum atomic E-state index is -1.32. The molecule has 0 radical (unpaired) electrons. The number of aliphatic carboxylic acids is 2. The monoisotopic (exact) mass is 471 g/mol. The maximum absolute atomic E-state index is 12.9. The number of nitrogens with two attached hydrogens (primary N) is 2. The van der Waals surface area contributed by atoms with Gasteiger partial charge in [0.05, 0.1) is 12.5 Å². The molecule has 1 aliphatic heterocycles. The molecule has 33 heavy (non-hydrogen) atoms. The molecule has 0 saturated carbocycles. The van der Waals surface area contributed by atoms with E-state index in [1.807, 2.05) is 0 Å². The second kappa shape index (κ2) is 12.7. The smallest absolute Gasteiger partial charge is 0.326 e. The lowest BCUT2D eigenvalue weighted by Gasteiger charge is -2.28. The van der Waals surface area contributed by atoms with Crippen LogP contribution in [0.5, 0.6) is 0 Å². The summed E-state index contributed by atoms with van der Waals surface area (Å²) in [5, 5.41) is 23.1. The van der Waals surface area contributed by atoms with E-state index in [1.54, 1.807) is 13.8 Å². The number of primary amides is 1. The maximum atomic E-state index is 12.9. The average Bonchev–Trinajstić information content (AvgIpc) is 3.18. The molecule has 1 saturated heterocycles. The number of carbonyl (C=O) groups excluding carboxylic acids is 4. The summed E-state index contributed by atoms with van der Waals surface area (Å²) in [6.07, 6.45) is -0.106. The minimum absolute atomic E-state index is 0.0295. The Balaban J connectivity index is 2.95. The van der Waals surface area contributed by atoms with Gasteiger partial charge >= 0.3 is 11.9 Å². The first-order chi connectivity index (χ1) is 15.3. The first-order valence-corrected chi connectivity index (χ1v) is 10.7. The van der Waals surface area contributed by atoms with Crippen molar-refractivity contribution in [3.05, 3.63) is 0 Å². The van der Waals surface area contributed by atoms with Crippen molar-refractivity contribution in [2.45, 2.75) is 76.5 Å². The van der Waals surface area contributed by atoms with E-state index in [0.717, 1.165) is 0 Å². The van der Waals surface area contributed by atoms with E-state index in [9.17, 15) is 33.9 Å². The van der Waals surface area contributed by atoms with E-state index in [0.29, 0.717) is 6.42 Å². The summed E-state index contributed by atoms with van der Waals surface area (Å²) in [7, 11) is 0. The third-order valence-corrected chi connectivity index (χ3v) is 5.18. The van der Waals surface area contributed by atoms with Crippen LogP contribution in [0.25, 0.3) is 0 Å². The zero-order valence-electron chi connectivity index (χ0n) is 18.8. The molecule has 4 unspecified atom stereocenters. The molecule has 1 rings (SSSR count). The Kier molecular flexibility index (Phi) is 10.7. The largest absolute Gasteiger partial charge is 0.481 e. The third-order valence-electron chi connectivity index (χ3n) is 5.18.